The Kier molecular flexibility index (Phi) is 4.67. The van der Waals surface area contributed by atoms with Gasteiger partial charge < -0.3 is 10.1 Å². The van der Waals surface area contributed by atoms with Gasteiger partial charge in [0.2, 0.25) is 0 Å². The van der Waals surface area contributed by atoms with Gasteiger partial charge in [0.1, 0.15) is 5.15 Å². The first-order chi connectivity index (χ1) is 9.88. The quantitative estimate of drug-likeness (QED) is 0.662. The molecule has 1 aliphatic carbocycles. The molecule has 0 spiro atoms. The molecule has 1 aromatic heterocycles. The van der Waals surface area contributed by atoms with E-state index >= 15 is 0 Å². The number of carbonyl (C=O) groups is 2. The van der Waals surface area contributed by atoms with Crippen molar-refractivity contribution in [2.75, 3.05) is 0 Å². The predicted octanol–water partition coefficient (Wildman–Crippen LogP) is 1.61. The van der Waals surface area contributed by atoms with E-state index in [-0.39, 0.29) is 11.9 Å². The summed E-state index contributed by atoms with van der Waals surface area (Å²) in [4.78, 5) is 23.4. The van der Waals surface area contributed by atoms with E-state index in [0.717, 1.165) is 12.8 Å². The lowest BCUT2D eigenvalue weighted by atomic mass is 10.2. The molecule has 1 aromatic rings. The van der Waals surface area contributed by atoms with Crippen LogP contribution in [0.15, 0.2) is 6.08 Å². The third kappa shape index (κ3) is 4.07. The molecule has 0 aliphatic heterocycles. The van der Waals surface area contributed by atoms with Crippen molar-refractivity contribution in [2.45, 2.75) is 38.8 Å². The lowest BCUT2D eigenvalue weighted by Crippen LogP contribution is -2.36. The number of aromatic nitrogens is 2. The van der Waals surface area contributed by atoms with Crippen LogP contribution >= 0.6 is 11.6 Å². The Hall–Kier alpha value is -1.82. The molecule has 1 fully saturated rings. The molecule has 1 unspecified atom stereocenters. The number of carbonyl (C=O) groups excluding carboxylic acids is 2. The summed E-state index contributed by atoms with van der Waals surface area (Å²) in [7, 11) is 1.72. The second kappa shape index (κ2) is 6.30. The number of nitrogens with zero attached hydrogens (tertiary/aromatic N) is 2. The lowest BCUT2D eigenvalue weighted by molar-refractivity contribution is -0.150. The highest BCUT2D eigenvalue weighted by atomic mass is 35.5. The molecule has 1 heterocycles. The molecule has 0 radical (unpaired) electrons. The minimum Gasteiger partial charge on any atom is -0.449 e. The highest BCUT2D eigenvalue weighted by molar-refractivity contribution is 6.31. The molecule has 0 bridgehead atoms. The van der Waals surface area contributed by atoms with Crippen LogP contribution < -0.4 is 5.32 Å². The summed E-state index contributed by atoms with van der Waals surface area (Å²) >= 11 is 6.05. The summed E-state index contributed by atoms with van der Waals surface area (Å²) in [5.41, 5.74) is 1.37. The Bertz CT molecular complexity index is 591. The van der Waals surface area contributed by atoms with Crippen LogP contribution in [0.25, 0.3) is 6.08 Å². The van der Waals surface area contributed by atoms with Gasteiger partial charge in [0, 0.05) is 24.7 Å². The van der Waals surface area contributed by atoms with Crippen LogP contribution in [0.4, 0.5) is 0 Å². The van der Waals surface area contributed by atoms with Gasteiger partial charge in [-0.1, -0.05) is 11.6 Å². The molecule has 6 nitrogen and oxygen atoms in total. The Labute approximate surface area is 128 Å². The third-order valence-electron chi connectivity index (χ3n) is 3.17. The van der Waals surface area contributed by atoms with E-state index in [2.05, 4.69) is 10.4 Å². The number of hydrogen-bond acceptors (Lipinski definition) is 4. The number of rotatable bonds is 5. The minimum absolute atomic E-state index is 0.242. The van der Waals surface area contributed by atoms with Crippen LogP contribution in [0, 0.1) is 6.92 Å². The van der Waals surface area contributed by atoms with Crippen molar-refractivity contribution in [1.29, 1.82) is 0 Å². The van der Waals surface area contributed by atoms with Crippen LogP contribution in [0.1, 0.15) is 31.0 Å². The molecule has 1 N–H and O–H groups in total. The van der Waals surface area contributed by atoms with E-state index in [9.17, 15) is 9.59 Å². The van der Waals surface area contributed by atoms with E-state index in [1.807, 2.05) is 0 Å². The molecule has 0 saturated heterocycles. The Morgan fingerprint density at radius 2 is 2.19 bits per heavy atom. The highest BCUT2D eigenvalue weighted by Gasteiger charge is 2.26. The molecule has 1 amide bonds. The maximum Gasteiger partial charge on any atom is 0.331 e. The van der Waals surface area contributed by atoms with Crippen molar-refractivity contribution in [2.24, 2.45) is 7.05 Å². The molecule has 21 heavy (non-hydrogen) atoms. The summed E-state index contributed by atoms with van der Waals surface area (Å²) < 4.78 is 6.56. The zero-order valence-corrected chi connectivity index (χ0v) is 13.0. The summed E-state index contributed by atoms with van der Waals surface area (Å²) in [6, 6.07) is 0.242. The zero-order chi connectivity index (χ0) is 15.6. The first-order valence-corrected chi connectivity index (χ1v) is 7.14. The number of hydrogen-bond donors (Lipinski definition) is 1. The van der Waals surface area contributed by atoms with Crippen LogP contribution in [-0.2, 0) is 21.4 Å². The summed E-state index contributed by atoms with van der Waals surface area (Å²) in [6.07, 6.45) is 3.96. The van der Waals surface area contributed by atoms with Gasteiger partial charge in [-0.2, -0.15) is 5.10 Å². The first kappa shape index (κ1) is 15.6. The van der Waals surface area contributed by atoms with Gasteiger partial charge >= 0.3 is 5.97 Å². The van der Waals surface area contributed by atoms with Gasteiger partial charge in [-0.25, -0.2) is 4.79 Å². The first-order valence-electron chi connectivity index (χ1n) is 6.76. The standard InChI is InChI=1S/C14H18ClN3O3/c1-8-11(13(15)18(3)17-8)6-7-12(19)21-9(2)14(20)16-10-4-5-10/h6-7,9-10H,4-5H2,1-3H3,(H,16,20)/b7-6+. The average molecular weight is 312 g/mol. The minimum atomic E-state index is -0.812. The number of halogens is 1. The maximum atomic E-state index is 11.7. The fourth-order valence-corrected chi connectivity index (χ4v) is 2.04. The molecule has 0 aromatic carbocycles. The van der Waals surface area contributed by atoms with Gasteiger partial charge in [0.25, 0.3) is 5.91 Å². The Morgan fingerprint density at radius 1 is 1.52 bits per heavy atom. The van der Waals surface area contributed by atoms with Gasteiger partial charge in [-0.05, 0) is 32.8 Å². The van der Waals surface area contributed by atoms with Crippen molar-refractivity contribution in [3.8, 4) is 0 Å². The number of amides is 1. The van der Waals surface area contributed by atoms with Crippen LogP contribution in [-0.4, -0.2) is 33.8 Å². The molecular formula is C14H18ClN3O3. The van der Waals surface area contributed by atoms with Gasteiger partial charge in [-0.3, -0.25) is 9.48 Å². The van der Waals surface area contributed by atoms with Crippen LogP contribution in [0.2, 0.25) is 5.15 Å². The summed E-state index contributed by atoms with van der Waals surface area (Å²) in [5, 5.41) is 7.36. The number of aryl methyl sites for hydroxylation is 2. The molecule has 1 saturated carbocycles. The largest absolute Gasteiger partial charge is 0.449 e. The zero-order valence-electron chi connectivity index (χ0n) is 12.2. The molecule has 1 atom stereocenters. The topological polar surface area (TPSA) is 73.2 Å². The number of nitrogens with one attached hydrogen (secondary N) is 1. The highest BCUT2D eigenvalue weighted by Crippen LogP contribution is 2.20. The van der Waals surface area contributed by atoms with Gasteiger partial charge in [0.05, 0.1) is 5.69 Å². The molecule has 114 valence electrons. The normalized spacial score (nSPS) is 16.0. The van der Waals surface area contributed by atoms with E-state index in [0.29, 0.717) is 16.4 Å². The van der Waals surface area contributed by atoms with Crippen molar-refractivity contribution < 1.29 is 14.3 Å². The molecular weight excluding hydrogens is 294 g/mol. The molecule has 2 rings (SSSR count). The SMILES string of the molecule is Cc1nn(C)c(Cl)c1/C=C/C(=O)OC(C)C(=O)NC1CC1. The van der Waals surface area contributed by atoms with Crippen LogP contribution in [0.5, 0.6) is 0 Å². The monoisotopic (exact) mass is 311 g/mol. The third-order valence-corrected chi connectivity index (χ3v) is 3.62. The van der Waals surface area contributed by atoms with E-state index in [1.165, 1.54) is 10.8 Å². The van der Waals surface area contributed by atoms with Crippen molar-refractivity contribution in [3.63, 3.8) is 0 Å². The van der Waals surface area contributed by atoms with Crippen molar-refractivity contribution in [3.05, 3.63) is 22.5 Å². The summed E-state index contributed by atoms with van der Waals surface area (Å²) in [5.74, 6) is -0.859. The summed E-state index contributed by atoms with van der Waals surface area (Å²) in [6.45, 7) is 3.34. The fourth-order valence-electron chi connectivity index (χ4n) is 1.80. The van der Waals surface area contributed by atoms with Crippen molar-refractivity contribution >= 4 is 29.6 Å². The Balaban J connectivity index is 1.91. The van der Waals surface area contributed by atoms with Gasteiger partial charge in [-0.15, -0.1) is 0 Å². The van der Waals surface area contributed by atoms with Crippen molar-refractivity contribution in [1.82, 2.24) is 15.1 Å². The maximum absolute atomic E-state index is 11.7. The number of esters is 1. The second-order valence-electron chi connectivity index (χ2n) is 5.11. The second-order valence-corrected chi connectivity index (χ2v) is 5.47. The average Bonchev–Trinajstić information content (AvgIpc) is 3.17. The predicted molar refractivity (Wildman–Crippen MR) is 78.7 cm³/mol. The van der Waals surface area contributed by atoms with E-state index in [4.69, 9.17) is 16.3 Å². The Morgan fingerprint density at radius 3 is 2.71 bits per heavy atom. The fraction of sp³-hybridized carbons (Fsp3) is 0.500. The number of ether oxygens (including phenoxy) is 1. The molecule has 7 heteroatoms. The van der Waals surface area contributed by atoms with E-state index < -0.39 is 12.1 Å². The lowest BCUT2D eigenvalue weighted by Gasteiger charge is -2.11. The molecule has 1 aliphatic rings. The van der Waals surface area contributed by atoms with E-state index in [1.54, 1.807) is 27.0 Å². The van der Waals surface area contributed by atoms with Crippen LogP contribution in [0.3, 0.4) is 0 Å². The van der Waals surface area contributed by atoms with Gasteiger partial charge in [0.15, 0.2) is 6.10 Å². The smallest absolute Gasteiger partial charge is 0.331 e.